The molecule has 3 aromatic rings. The van der Waals surface area contributed by atoms with Gasteiger partial charge in [0, 0.05) is 17.5 Å². The van der Waals surface area contributed by atoms with Crippen LogP contribution in [0.15, 0.2) is 65.7 Å². The van der Waals surface area contributed by atoms with Gasteiger partial charge in [-0.3, -0.25) is 4.79 Å². The van der Waals surface area contributed by atoms with Gasteiger partial charge in [0.25, 0.3) is 5.91 Å². The van der Waals surface area contributed by atoms with Crippen LogP contribution in [0.2, 0.25) is 0 Å². The van der Waals surface area contributed by atoms with E-state index in [4.69, 9.17) is 0 Å². The van der Waals surface area contributed by atoms with E-state index in [-0.39, 0.29) is 5.91 Å². The van der Waals surface area contributed by atoms with Crippen LogP contribution >= 0.6 is 11.8 Å². The summed E-state index contributed by atoms with van der Waals surface area (Å²) in [6.45, 7) is 2.50. The first-order valence-electron chi connectivity index (χ1n) is 8.05. The molecule has 2 N–H and O–H groups in total. The zero-order valence-electron chi connectivity index (χ0n) is 14.2. The highest BCUT2D eigenvalue weighted by molar-refractivity contribution is 7.98. The number of carbonyl (C=O) groups is 1. The van der Waals surface area contributed by atoms with Crippen molar-refractivity contribution in [3.8, 4) is 5.69 Å². The van der Waals surface area contributed by atoms with Crippen LogP contribution in [0.25, 0.3) is 5.69 Å². The quantitative estimate of drug-likeness (QED) is 0.656. The Morgan fingerprint density at radius 2 is 1.96 bits per heavy atom. The third kappa shape index (κ3) is 3.85. The molecule has 0 unspecified atom stereocenters. The largest absolute Gasteiger partial charge is 0.352 e. The molecule has 0 aliphatic heterocycles. The van der Waals surface area contributed by atoms with E-state index in [1.807, 2.05) is 72.5 Å². The number of amides is 1. The lowest BCUT2D eigenvalue weighted by atomic mass is 10.1. The first-order chi connectivity index (χ1) is 12.2. The van der Waals surface area contributed by atoms with Crippen molar-refractivity contribution in [2.75, 3.05) is 18.1 Å². The maximum atomic E-state index is 12.4. The maximum absolute atomic E-state index is 12.4. The minimum absolute atomic E-state index is 0.0910. The second-order valence-electron chi connectivity index (χ2n) is 5.36. The maximum Gasteiger partial charge on any atom is 0.253 e. The molecule has 1 aromatic heterocycles. The van der Waals surface area contributed by atoms with Crippen molar-refractivity contribution < 1.29 is 4.79 Å². The van der Waals surface area contributed by atoms with Crippen molar-refractivity contribution in [3.63, 3.8) is 0 Å². The fourth-order valence-electron chi connectivity index (χ4n) is 2.51. The Kier molecular flexibility index (Phi) is 5.40. The summed E-state index contributed by atoms with van der Waals surface area (Å²) in [7, 11) is 0. The molecule has 2 aromatic carbocycles. The Morgan fingerprint density at radius 1 is 1.16 bits per heavy atom. The van der Waals surface area contributed by atoms with Crippen LogP contribution in [-0.2, 0) is 0 Å². The number of hydrogen-bond donors (Lipinski definition) is 2. The Balaban J connectivity index is 1.96. The third-order valence-electron chi connectivity index (χ3n) is 3.71. The van der Waals surface area contributed by atoms with Gasteiger partial charge in [-0.25, -0.2) is 4.68 Å². The Hall–Kier alpha value is -2.73. The van der Waals surface area contributed by atoms with E-state index in [2.05, 4.69) is 15.7 Å². The normalized spacial score (nSPS) is 10.5. The third-order valence-corrected chi connectivity index (χ3v) is 4.44. The van der Waals surface area contributed by atoms with Crippen LogP contribution < -0.4 is 10.6 Å². The van der Waals surface area contributed by atoms with Gasteiger partial charge >= 0.3 is 0 Å². The zero-order valence-corrected chi connectivity index (χ0v) is 15.0. The number of aromatic nitrogens is 2. The number of hydrogen-bond acceptors (Lipinski definition) is 4. The van der Waals surface area contributed by atoms with Crippen molar-refractivity contribution in [1.82, 2.24) is 15.1 Å². The van der Waals surface area contributed by atoms with E-state index in [9.17, 15) is 4.79 Å². The molecule has 0 aliphatic rings. The smallest absolute Gasteiger partial charge is 0.253 e. The van der Waals surface area contributed by atoms with Gasteiger partial charge in [-0.05, 0) is 43.5 Å². The highest BCUT2D eigenvalue weighted by Crippen LogP contribution is 2.27. The van der Waals surface area contributed by atoms with Crippen molar-refractivity contribution >= 4 is 29.2 Å². The Bertz CT molecular complexity index is 861. The lowest BCUT2D eigenvalue weighted by Gasteiger charge is -2.14. The number of anilines is 2. The van der Waals surface area contributed by atoms with Gasteiger partial charge in [-0.2, -0.15) is 5.10 Å². The molecule has 0 aliphatic carbocycles. The van der Waals surface area contributed by atoms with E-state index >= 15 is 0 Å². The topological polar surface area (TPSA) is 59.0 Å². The Labute approximate surface area is 151 Å². The zero-order chi connectivity index (χ0) is 17.6. The van der Waals surface area contributed by atoms with Gasteiger partial charge in [-0.1, -0.05) is 18.2 Å². The van der Waals surface area contributed by atoms with E-state index in [0.717, 1.165) is 22.1 Å². The highest BCUT2D eigenvalue weighted by Gasteiger charge is 2.14. The second-order valence-corrected chi connectivity index (χ2v) is 6.24. The van der Waals surface area contributed by atoms with Gasteiger partial charge in [0.2, 0.25) is 0 Å². The van der Waals surface area contributed by atoms with Gasteiger partial charge in [-0.15, -0.1) is 11.8 Å². The number of benzene rings is 2. The molecule has 0 bridgehead atoms. The van der Waals surface area contributed by atoms with Gasteiger partial charge < -0.3 is 10.6 Å². The molecule has 5 nitrogen and oxygen atoms in total. The van der Waals surface area contributed by atoms with Crippen molar-refractivity contribution in [1.29, 1.82) is 0 Å². The Morgan fingerprint density at radius 3 is 2.68 bits per heavy atom. The summed E-state index contributed by atoms with van der Waals surface area (Å²) < 4.78 is 1.81. The lowest BCUT2D eigenvalue weighted by Crippen LogP contribution is -2.23. The number of nitrogens with one attached hydrogen (secondary N) is 2. The molecule has 0 fully saturated rings. The fourth-order valence-corrected chi connectivity index (χ4v) is 2.95. The number of carbonyl (C=O) groups excluding carboxylic acids is 1. The lowest BCUT2D eigenvalue weighted by molar-refractivity contribution is 0.0956. The van der Waals surface area contributed by atoms with Gasteiger partial charge in [0.15, 0.2) is 0 Å². The van der Waals surface area contributed by atoms with Crippen molar-refractivity contribution in [2.45, 2.75) is 11.8 Å². The predicted octanol–water partition coefficient (Wildman–Crippen LogP) is 4.09. The van der Waals surface area contributed by atoms with Crippen LogP contribution in [0.1, 0.15) is 17.3 Å². The summed E-state index contributed by atoms with van der Waals surface area (Å²) in [4.78, 5) is 13.5. The number of nitrogens with zero attached hydrogens (tertiary/aromatic N) is 2. The molecule has 1 amide bonds. The summed E-state index contributed by atoms with van der Waals surface area (Å²) in [5, 5.41) is 10.6. The van der Waals surface area contributed by atoms with E-state index in [1.54, 1.807) is 18.0 Å². The number of rotatable bonds is 6. The van der Waals surface area contributed by atoms with Gasteiger partial charge in [0.1, 0.15) is 5.82 Å². The molecule has 128 valence electrons. The van der Waals surface area contributed by atoms with E-state index in [1.165, 1.54) is 0 Å². The molecule has 0 radical (unpaired) electrons. The van der Waals surface area contributed by atoms with Gasteiger partial charge in [0.05, 0.1) is 23.1 Å². The van der Waals surface area contributed by atoms with Crippen molar-refractivity contribution in [3.05, 3.63) is 66.4 Å². The molecular weight excluding hydrogens is 332 g/mol. The summed E-state index contributed by atoms with van der Waals surface area (Å²) in [5.41, 5.74) is 2.33. The highest BCUT2D eigenvalue weighted by atomic mass is 32.2. The molecule has 0 atom stereocenters. The van der Waals surface area contributed by atoms with Crippen LogP contribution in [0.5, 0.6) is 0 Å². The van der Waals surface area contributed by atoms with E-state index < -0.39 is 0 Å². The second kappa shape index (κ2) is 7.90. The molecule has 6 heteroatoms. The molecule has 0 spiro atoms. The predicted molar refractivity (Wildman–Crippen MR) is 103 cm³/mol. The van der Waals surface area contributed by atoms with Crippen molar-refractivity contribution in [2.24, 2.45) is 0 Å². The monoisotopic (exact) mass is 352 g/mol. The SMILES string of the molecule is CCNC(=O)c1cc(SC)ccc1Nc1ccnn1-c1ccccc1. The molecule has 0 saturated carbocycles. The molecular formula is C19H20N4OS. The minimum atomic E-state index is -0.0910. The van der Waals surface area contributed by atoms with E-state index in [0.29, 0.717) is 12.1 Å². The molecule has 3 rings (SSSR count). The minimum Gasteiger partial charge on any atom is -0.352 e. The molecule has 1 heterocycles. The first-order valence-corrected chi connectivity index (χ1v) is 9.28. The summed E-state index contributed by atoms with van der Waals surface area (Å²) >= 11 is 1.61. The molecule has 0 saturated heterocycles. The van der Waals surface area contributed by atoms with Crippen LogP contribution in [-0.4, -0.2) is 28.5 Å². The standard InChI is InChI=1S/C19H20N4OS/c1-3-20-19(24)16-13-15(25-2)9-10-17(16)22-18-11-12-21-23(18)14-7-5-4-6-8-14/h4-13,22H,3H2,1-2H3,(H,20,24). The van der Waals surface area contributed by atoms with Crippen LogP contribution in [0.3, 0.4) is 0 Å². The summed E-state index contributed by atoms with van der Waals surface area (Å²) in [6.07, 6.45) is 3.73. The number of thioether (sulfide) groups is 1. The average Bonchev–Trinajstić information content (AvgIpc) is 3.11. The van der Waals surface area contributed by atoms with Crippen LogP contribution in [0.4, 0.5) is 11.5 Å². The summed E-state index contributed by atoms with van der Waals surface area (Å²) in [5.74, 6) is 0.709. The average molecular weight is 352 g/mol. The summed E-state index contributed by atoms with van der Waals surface area (Å²) in [6, 6.07) is 17.6. The molecule has 25 heavy (non-hydrogen) atoms. The number of para-hydroxylation sites is 1. The fraction of sp³-hybridized carbons (Fsp3) is 0.158. The van der Waals surface area contributed by atoms with Crippen LogP contribution in [0, 0.1) is 0 Å². The first kappa shape index (κ1) is 17.1.